The lowest BCUT2D eigenvalue weighted by molar-refractivity contribution is 1.23. The summed E-state index contributed by atoms with van der Waals surface area (Å²) < 4.78 is 0. The lowest BCUT2D eigenvalue weighted by Crippen LogP contribution is -1.92. The third-order valence-electron chi connectivity index (χ3n) is 8.40. The van der Waals surface area contributed by atoms with Crippen molar-refractivity contribution < 1.29 is 0 Å². The quantitative estimate of drug-likeness (QED) is 0.204. The van der Waals surface area contributed by atoms with E-state index in [1.54, 1.807) is 0 Å². The van der Waals surface area contributed by atoms with E-state index in [2.05, 4.69) is 145 Å². The zero-order chi connectivity index (χ0) is 28.8. The molecule has 0 aliphatic heterocycles. The van der Waals surface area contributed by atoms with E-state index >= 15 is 0 Å². The maximum Gasteiger partial charge on any atom is 0.0888 e. The Morgan fingerprint density at radius 3 is 1.65 bits per heavy atom. The maximum atomic E-state index is 4.77. The number of fused-ring (bicyclic) bond motifs is 3. The van der Waals surface area contributed by atoms with Gasteiger partial charge in [0.2, 0.25) is 0 Å². The molecule has 0 amide bonds. The van der Waals surface area contributed by atoms with Crippen LogP contribution >= 0.6 is 0 Å². The van der Waals surface area contributed by atoms with Crippen LogP contribution in [0.3, 0.4) is 0 Å². The van der Waals surface area contributed by atoms with Crippen LogP contribution in [0.15, 0.2) is 152 Å². The van der Waals surface area contributed by atoms with Crippen molar-refractivity contribution in [1.82, 2.24) is 9.97 Å². The van der Waals surface area contributed by atoms with Crippen LogP contribution in [0.5, 0.6) is 0 Å². The second-order valence-corrected chi connectivity index (χ2v) is 11.1. The maximum absolute atomic E-state index is 4.77. The second kappa shape index (κ2) is 10.3. The van der Waals surface area contributed by atoms with Gasteiger partial charge in [0.15, 0.2) is 0 Å². The minimum Gasteiger partial charge on any atom is -0.255 e. The monoisotopic (exact) mass is 548 g/mol. The Morgan fingerprint density at radius 2 is 1.00 bits per heavy atom. The fraction of sp³-hybridized carbons (Fsp3) is 0.0244. The molecule has 0 aliphatic carbocycles. The molecule has 2 aromatic heterocycles. The van der Waals surface area contributed by atoms with E-state index in [1.165, 1.54) is 60.1 Å². The Labute approximate surface area is 251 Å². The smallest absolute Gasteiger partial charge is 0.0888 e. The van der Waals surface area contributed by atoms with Gasteiger partial charge >= 0.3 is 0 Å². The third kappa shape index (κ3) is 4.45. The molecule has 0 bridgehead atoms. The number of benzene rings is 6. The molecule has 0 aliphatic rings. The highest BCUT2D eigenvalue weighted by Gasteiger charge is 2.17. The first-order chi connectivity index (χ1) is 21.2. The molecule has 8 aromatic rings. The SMILES string of the molecule is Cc1ccnc(-c2ccc(-c3cccc(-c4c5ccccc5c(-c5ccc6ccccc6c5)c5ccccc45)c3)cn2)c1. The van der Waals surface area contributed by atoms with Crippen molar-refractivity contribution in [2.24, 2.45) is 0 Å². The minimum atomic E-state index is 0.880. The summed E-state index contributed by atoms with van der Waals surface area (Å²) in [4.78, 5) is 9.28. The van der Waals surface area contributed by atoms with E-state index in [1.807, 2.05) is 18.5 Å². The highest BCUT2D eigenvalue weighted by molar-refractivity contribution is 6.21. The number of hydrogen-bond acceptors (Lipinski definition) is 2. The normalized spacial score (nSPS) is 11.4. The summed E-state index contributed by atoms with van der Waals surface area (Å²) in [5.74, 6) is 0. The van der Waals surface area contributed by atoms with Gasteiger partial charge in [0.1, 0.15) is 0 Å². The number of rotatable bonds is 4. The summed E-state index contributed by atoms with van der Waals surface area (Å²) in [6.45, 7) is 2.08. The van der Waals surface area contributed by atoms with E-state index in [4.69, 9.17) is 4.98 Å². The molecule has 8 rings (SSSR count). The van der Waals surface area contributed by atoms with Crippen molar-refractivity contribution in [3.05, 3.63) is 157 Å². The van der Waals surface area contributed by atoms with Gasteiger partial charge in [-0.1, -0.05) is 109 Å². The Morgan fingerprint density at radius 1 is 0.395 bits per heavy atom. The van der Waals surface area contributed by atoms with Crippen molar-refractivity contribution in [2.75, 3.05) is 0 Å². The standard InChI is InChI=1S/C41H28N2/c1-27-21-22-42-39(23-27)38-20-19-33(26-43-38)30-11-8-12-31(25-30)40-34-13-4-6-15-36(34)41(37-16-7-5-14-35(37)40)32-18-17-28-9-2-3-10-29(28)24-32/h2-26H,1H3. The van der Waals surface area contributed by atoms with Crippen molar-refractivity contribution in [1.29, 1.82) is 0 Å². The van der Waals surface area contributed by atoms with Gasteiger partial charge in [0, 0.05) is 18.0 Å². The number of hydrogen-bond donors (Lipinski definition) is 0. The number of pyridine rings is 2. The Balaban J connectivity index is 1.30. The fourth-order valence-electron chi connectivity index (χ4n) is 6.34. The molecular weight excluding hydrogens is 520 g/mol. The van der Waals surface area contributed by atoms with E-state index in [9.17, 15) is 0 Å². The minimum absolute atomic E-state index is 0.880. The average molecular weight is 549 g/mol. The Bertz CT molecular complexity index is 2240. The van der Waals surface area contributed by atoms with Gasteiger partial charge in [-0.05, 0) is 103 Å². The predicted molar refractivity (Wildman–Crippen MR) is 181 cm³/mol. The molecular formula is C41H28N2. The van der Waals surface area contributed by atoms with Crippen molar-refractivity contribution >= 4 is 32.3 Å². The molecule has 2 nitrogen and oxygen atoms in total. The summed E-state index contributed by atoms with van der Waals surface area (Å²) in [5, 5.41) is 7.52. The lowest BCUT2D eigenvalue weighted by atomic mass is 9.85. The fourth-order valence-corrected chi connectivity index (χ4v) is 6.34. The zero-order valence-corrected chi connectivity index (χ0v) is 23.8. The summed E-state index contributed by atoms with van der Waals surface area (Å²) in [7, 11) is 0. The van der Waals surface area contributed by atoms with Crippen LogP contribution in [0.1, 0.15) is 5.56 Å². The lowest BCUT2D eigenvalue weighted by Gasteiger charge is -2.18. The molecule has 0 fully saturated rings. The van der Waals surface area contributed by atoms with Gasteiger partial charge < -0.3 is 0 Å². The highest BCUT2D eigenvalue weighted by atomic mass is 14.8. The van der Waals surface area contributed by atoms with Crippen molar-refractivity contribution in [3.8, 4) is 44.8 Å². The average Bonchev–Trinajstić information content (AvgIpc) is 3.07. The first-order valence-corrected chi connectivity index (χ1v) is 14.7. The molecule has 0 unspecified atom stereocenters. The molecule has 2 heterocycles. The molecule has 6 aromatic carbocycles. The van der Waals surface area contributed by atoms with Gasteiger partial charge in [0.25, 0.3) is 0 Å². The van der Waals surface area contributed by atoms with E-state index in [0.29, 0.717) is 0 Å². The molecule has 0 radical (unpaired) electrons. The van der Waals surface area contributed by atoms with Crippen molar-refractivity contribution in [2.45, 2.75) is 6.92 Å². The second-order valence-electron chi connectivity index (χ2n) is 11.1. The van der Waals surface area contributed by atoms with Crippen molar-refractivity contribution in [3.63, 3.8) is 0 Å². The van der Waals surface area contributed by atoms with Crippen LogP contribution < -0.4 is 0 Å². The van der Waals surface area contributed by atoms with Gasteiger partial charge in [-0.25, -0.2) is 0 Å². The Kier molecular flexibility index (Phi) is 6.05. The summed E-state index contributed by atoms with van der Waals surface area (Å²) in [6.07, 6.45) is 3.79. The summed E-state index contributed by atoms with van der Waals surface area (Å²) in [5.41, 5.74) is 10.1. The molecule has 43 heavy (non-hydrogen) atoms. The van der Waals surface area contributed by atoms with Crippen LogP contribution in [0.2, 0.25) is 0 Å². The third-order valence-corrected chi connectivity index (χ3v) is 8.40. The first kappa shape index (κ1) is 25.1. The zero-order valence-electron chi connectivity index (χ0n) is 23.8. The summed E-state index contributed by atoms with van der Waals surface area (Å²) >= 11 is 0. The molecule has 0 saturated carbocycles. The molecule has 0 saturated heterocycles. The van der Waals surface area contributed by atoms with Crippen LogP contribution in [0.25, 0.3) is 77.1 Å². The van der Waals surface area contributed by atoms with Gasteiger partial charge in [0.05, 0.1) is 11.4 Å². The molecule has 0 spiro atoms. The van der Waals surface area contributed by atoms with E-state index < -0.39 is 0 Å². The number of aryl methyl sites for hydroxylation is 1. The van der Waals surface area contributed by atoms with E-state index in [0.717, 1.165) is 22.5 Å². The van der Waals surface area contributed by atoms with Crippen LogP contribution in [-0.2, 0) is 0 Å². The van der Waals surface area contributed by atoms with Gasteiger partial charge in [-0.2, -0.15) is 0 Å². The molecule has 0 atom stereocenters. The number of aromatic nitrogens is 2. The number of nitrogens with zero attached hydrogens (tertiary/aromatic N) is 2. The predicted octanol–water partition coefficient (Wildman–Crippen LogP) is 10.9. The summed E-state index contributed by atoms with van der Waals surface area (Å²) in [6, 6.07) is 50.2. The van der Waals surface area contributed by atoms with Crippen LogP contribution in [0, 0.1) is 6.92 Å². The largest absolute Gasteiger partial charge is 0.255 e. The van der Waals surface area contributed by atoms with E-state index in [-0.39, 0.29) is 0 Å². The van der Waals surface area contributed by atoms with Crippen LogP contribution in [-0.4, -0.2) is 9.97 Å². The highest BCUT2D eigenvalue weighted by Crippen LogP contribution is 2.44. The topological polar surface area (TPSA) is 25.8 Å². The van der Waals surface area contributed by atoms with Gasteiger partial charge in [-0.15, -0.1) is 0 Å². The first-order valence-electron chi connectivity index (χ1n) is 14.7. The molecule has 0 N–H and O–H groups in total. The molecule has 202 valence electrons. The van der Waals surface area contributed by atoms with Gasteiger partial charge in [-0.3, -0.25) is 9.97 Å². The molecule has 2 heteroatoms. The Hall–Kier alpha value is -5.60. The van der Waals surface area contributed by atoms with Crippen LogP contribution in [0.4, 0.5) is 0 Å².